The molecule has 1 aromatic heterocycles. The topological polar surface area (TPSA) is 78.5 Å². The Hall–Kier alpha value is -1.74. The molecule has 8 heteroatoms. The van der Waals surface area contributed by atoms with Crippen molar-refractivity contribution in [1.29, 1.82) is 0 Å². The van der Waals surface area contributed by atoms with Gasteiger partial charge in [0.15, 0.2) is 0 Å². The Bertz CT molecular complexity index is 850. The molecule has 1 atom stereocenters. The van der Waals surface area contributed by atoms with E-state index in [1.807, 2.05) is 24.6 Å². The number of carbonyl (C=O) groups excluding carboxylic acids is 1. The standard InChI is InChI=1S/C18H23N3O3S2/c1-19-15-6-3-9-21(13-15)18(22)14-5-2-8-17(11-14)26(23,24)20-12-16-7-4-10-25-16/h2,4-5,7-8,10-11,15,19-20H,3,6,9,12-13H2,1H3. The minimum atomic E-state index is -3.66. The Morgan fingerprint density at radius 2 is 2.15 bits per heavy atom. The average Bonchev–Trinajstić information content (AvgIpc) is 3.20. The monoisotopic (exact) mass is 393 g/mol. The van der Waals surface area contributed by atoms with Crippen molar-refractivity contribution in [3.05, 3.63) is 52.2 Å². The van der Waals surface area contributed by atoms with Crippen molar-refractivity contribution in [2.75, 3.05) is 20.1 Å². The van der Waals surface area contributed by atoms with E-state index in [1.54, 1.807) is 17.0 Å². The van der Waals surface area contributed by atoms with E-state index in [-0.39, 0.29) is 23.4 Å². The number of likely N-dealkylation sites (tertiary alicyclic amines) is 1. The van der Waals surface area contributed by atoms with Crippen molar-refractivity contribution in [1.82, 2.24) is 14.9 Å². The number of sulfonamides is 1. The van der Waals surface area contributed by atoms with E-state index in [0.29, 0.717) is 18.7 Å². The number of thiophene rings is 1. The van der Waals surface area contributed by atoms with E-state index < -0.39 is 10.0 Å². The molecule has 26 heavy (non-hydrogen) atoms. The van der Waals surface area contributed by atoms with Gasteiger partial charge in [0.2, 0.25) is 10.0 Å². The first-order valence-corrected chi connectivity index (χ1v) is 10.9. The van der Waals surface area contributed by atoms with Gasteiger partial charge in [-0.1, -0.05) is 12.1 Å². The third-order valence-electron chi connectivity index (χ3n) is 4.52. The number of amides is 1. The molecule has 3 rings (SSSR count). The molecule has 2 aromatic rings. The van der Waals surface area contributed by atoms with Gasteiger partial charge in [0.25, 0.3) is 5.91 Å². The summed E-state index contributed by atoms with van der Waals surface area (Å²) in [5.41, 5.74) is 0.403. The van der Waals surface area contributed by atoms with Crippen molar-refractivity contribution in [3.8, 4) is 0 Å². The molecule has 1 aliphatic heterocycles. The number of benzene rings is 1. The predicted octanol–water partition coefficient (Wildman–Crippen LogP) is 2.05. The minimum absolute atomic E-state index is 0.113. The fraction of sp³-hybridized carbons (Fsp3) is 0.389. The van der Waals surface area contributed by atoms with E-state index in [2.05, 4.69) is 10.0 Å². The number of carbonyl (C=O) groups is 1. The normalized spacial score (nSPS) is 18.0. The third kappa shape index (κ3) is 4.50. The first-order valence-electron chi connectivity index (χ1n) is 8.58. The molecule has 140 valence electrons. The Morgan fingerprint density at radius 3 is 2.88 bits per heavy atom. The quantitative estimate of drug-likeness (QED) is 0.787. The van der Waals surface area contributed by atoms with Gasteiger partial charge in [-0.2, -0.15) is 0 Å². The van der Waals surface area contributed by atoms with Gasteiger partial charge < -0.3 is 10.2 Å². The van der Waals surface area contributed by atoms with Crippen LogP contribution in [-0.2, 0) is 16.6 Å². The summed E-state index contributed by atoms with van der Waals surface area (Å²) in [6, 6.07) is 10.3. The highest BCUT2D eigenvalue weighted by Crippen LogP contribution is 2.17. The van der Waals surface area contributed by atoms with Gasteiger partial charge in [-0.05, 0) is 49.5 Å². The van der Waals surface area contributed by atoms with Crippen molar-refractivity contribution in [2.24, 2.45) is 0 Å². The average molecular weight is 394 g/mol. The van der Waals surface area contributed by atoms with Gasteiger partial charge in [0, 0.05) is 36.1 Å². The molecule has 2 heterocycles. The predicted molar refractivity (Wildman–Crippen MR) is 103 cm³/mol. The molecule has 1 unspecified atom stereocenters. The molecule has 0 saturated carbocycles. The molecule has 2 N–H and O–H groups in total. The zero-order valence-corrected chi connectivity index (χ0v) is 16.3. The molecular weight excluding hydrogens is 370 g/mol. The Kier molecular flexibility index (Phi) is 6.08. The van der Waals surface area contributed by atoms with Crippen LogP contribution in [0.1, 0.15) is 28.1 Å². The van der Waals surface area contributed by atoms with Crippen LogP contribution in [0.5, 0.6) is 0 Å². The molecule has 1 saturated heterocycles. The van der Waals surface area contributed by atoms with E-state index in [9.17, 15) is 13.2 Å². The highest BCUT2D eigenvalue weighted by Gasteiger charge is 2.24. The number of rotatable bonds is 6. The van der Waals surface area contributed by atoms with Crippen LogP contribution in [0.2, 0.25) is 0 Å². The molecule has 0 aliphatic carbocycles. The van der Waals surface area contributed by atoms with Gasteiger partial charge >= 0.3 is 0 Å². The molecule has 1 aliphatic rings. The number of likely N-dealkylation sites (N-methyl/N-ethyl adjacent to an activating group) is 1. The van der Waals surface area contributed by atoms with Crippen molar-refractivity contribution >= 4 is 27.3 Å². The van der Waals surface area contributed by atoms with Crippen LogP contribution in [0.4, 0.5) is 0 Å². The number of piperidine rings is 1. The van der Waals surface area contributed by atoms with E-state index in [0.717, 1.165) is 17.7 Å². The highest BCUT2D eigenvalue weighted by atomic mass is 32.2. The van der Waals surface area contributed by atoms with E-state index in [1.165, 1.54) is 23.5 Å². The fourth-order valence-electron chi connectivity index (χ4n) is 3.04. The molecule has 6 nitrogen and oxygen atoms in total. The number of hydrogen-bond donors (Lipinski definition) is 2. The van der Waals surface area contributed by atoms with E-state index >= 15 is 0 Å². The largest absolute Gasteiger partial charge is 0.337 e. The lowest BCUT2D eigenvalue weighted by Crippen LogP contribution is -2.47. The SMILES string of the molecule is CNC1CCCN(C(=O)c2cccc(S(=O)(=O)NCc3cccs3)c2)C1. The first kappa shape index (κ1) is 19.0. The van der Waals surface area contributed by atoms with Crippen molar-refractivity contribution in [3.63, 3.8) is 0 Å². The van der Waals surface area contributed by atoms with Gasteiger partial charge in [0.1, 0.15) is 0 Å². The smallest absolute Gasteiger partial charge is 0.253 e. The molecule has 0 bridgehead atoms. The number of nitrogens with one attached hydrogen (secondary N) is 2. The van der Waals surface area contributed by atoms with Crippen molar-refractivity contribution in [2.45, 2.75) is 30.3 Å². The molecule has 0 radical (unpaired) electrons. The summed E-state index contributed by atoms with van der Waals surface area (Å²) in [7, 11) is -1.77. The zero-order valence-electron chi connectivity index (χ0n) is 14.6. The van der Waals surface area contributed by atoms with Gasteiger partial charge in [-0.15, -0.1) is 11.3 Å². The lowest BCUT2D eigenvalue weighted by Gasteiger charge is -2.32. The summed E-state index contributed by atoms with van der Waals surface area (Å²) in [5, 5.41) is 5.11. The summed E-state index contributed by atoms with van der Waals surface area (Å²) in [6.07, 6.45) is 1.99. The Labute approximate surface area is 158 Å². The van der Waals surface area contributed by atoms with Crippen LogP contribution >= 0.6 is 11.3 Å². The van der Waals surface area contributed by atoms with E-state index in [4.69, 9.17) is 0 Å². The summed E-state index contributed by atoms with van der Waals surface area (Å²) in [6.45, 7) is 1.59. The molecule has 1 aromatic carbocycles. The maximum absolute atomic E-state index is 12.8. The summed E-state index contributed by atoms with van der Waals surface area (Å²) in [5.74, 6) is -0.125. The summed E-state index contributed by atoms with van der Waals surface area (Å²) < 4.78 is 27.7. The number of hydrogen-bond acceptors (Lipinski definition) is 5. The summed E-state index contributed by atoms with van der Waals surface area (Å²) in [4.78, 5) is 15.6. The van der Waals surface area contributed by atoms with Crippen LogP contribution in [-0.4, -0.2) is 45.4 Å². The number of nitrogens with zero attached hydrogens (tertiary/aromatic N) is 1. The molecule has 1 amide bonds. The summed E-state index contributed by atoms with van der Waals surface area (Å²) >= 11 is 1.49. The second-order valence-electron chi connectivity index (χ2n) is 6.31. The molecular formula is C18H23N3O3S2. The molecule has 0 spiro atoms. The lowest BCUT2D eigenvalue weighted by molar-refractivity contribution is 0.0698. The fourth-order valence-corrected chi connectivity index (χ4v) is 4.83. The maximum atomic E-state index is 12.8. The Balaban J connectivity index is 1.73. The van der Waals surface area contributed by atoms with Crippen LogP contribution in [0.3, 0.4) is 0 Å². The van der Waals surface area contributed by atoms with Crippen LogP contribution < -0.4 is 10.0 Å². The second kappa shape index (κ2) is 8.30. The molecule has 1 fully saturated rings. The highest BCUT2D eigenvalue weighted by molar-refractivity contribution is 7.89. The Morgan fingerprint density at radius 1 is 1.31 bits per heavy atom. The zero-order chi connectivity index (χ0) is 18.6. The second-order valence-corrected chi connectivity index (χ2v) is 9.11. The van der Waals surface area contributed by atoms with Gasteiger partial charge in [-0.25, -0.2) is 13.1 Å². The van der Waals surface area contributed by atoms with Gasteiger partial charge in [0.05, 0.1) is 4.90 Å². The van der Waals surface area contributed by atoms with Crippen LogP contribution in [0, 0.1) is 0 Å². The maximum Gasteiger partial charge on any atom is 0.253 e. The van der Waals surface area contributed by atoms with Gasteiger partial charge in [-0.3, -0.25) is 4.79 Å². The first-order chi connectivity index (χ1) is 12.5. The van der Waals surface area contributed by atoms with Crippen LogP contribution in [0.15, 0.2) is 46.7 Å². The van der Waals surface area contributed by atoms with Crippen LogP contribution in [0.25, 0.3) is 0 Å². The minimum Gasteiger partial charge on any atom is -0.337 e. The third-order valence-corrected chi connectivity index (χ3v) is 6.80. The lowest BCUT2D eigenvalue weighted by atomic mass is 10.0. The van der Waals surface area contributed by atoms with Crippen molar-refractivity contribution < 1.29 is 13.2 Å².